The molecule has 0 saturated carbocycles. The minimum Gasteiger partial charge on any atom is -0.497 e. The number of piperidine rings is 1. The van der Waals surface area contributed by atoms with E-state index >= 15 is 0 Å². The molecule has 7 nitrogen and oxygen atoms in total. The number of fused-ring (bicyclic) bond motifs is 3. The Morgan fingerprint density at radius 3 is 2.25 bits per heavy atom. The Hall–Kier alpha value is -2.48. The number of ether oxygens (including phenoxy) is 3. The number of hydrogen-bond acceptors (Lipinski definition) is 7. The smallest absolute Gasteiger partial charge is 0.159 e. The molecule has 2 saturated heterocycles. The molecular weight excluding hydrogens is 452 g/mol. The number of nitrogens with zero attached hydrogens (tertiary/aromatic N) is 4. The van der Waals surface area contributed by atoms with Gasteiger partial charge in [0, 0.05) is 43.4 Å². The van der Waals surface area contributed by atoms with Crippen LogP contribution >= 0.6 is 0 Å². The molecule has 0 N–H and O–H groups in total. The van der Waals surface area contributed by atoms with Crippen LogP contribution in [0.5, 0.6) is 5.75 Å². The van der Waals surface area contributed by atoms with Crippen LogP contribution < -0.4 is 9.64 Å². The monoisotopic (exact) mass is 496 g/mol. The molecule has 2 fully saturated rings. The lowest BCUT2D eigenvalue weighted by Gasteiger charge is -2.37. The Balaban J connectivity index is 0.000000249. The van der Waals surface area contributed by atoms with Crippen molar-refractivity contribution in [1.29, 1.82) is 0 Å². The van der Waals surface area contributed by atoms with Crippen LogP contribution in [0.1, 0.15) is 52.7 Å². The summed E-state index contributed by atoms with van der Waals surface area (Å²) in [7, 11) is 3.86. The molecule has 0 radical (unpaired) electrons. The van der Waals surface area contributed by atoms with Crippen molar-refractivity contribution in [3.8, 4) is 5.75 Å². The molecule has 2 bridgehead atoms. The second kappa shape index (κ2) is 14.3. The van der Waals surface area contributed by atoms with Crippen molar-refractivity contribution >= 4 is 16.6 Å². The molecule has 2 aromatic rings. The Bertz CT molecular complexity index is 983. The van der Waals surface area contributed by atoms with Gasteiger partial charge in [-0.15, -0.1) is 5.10 Å². The quantitative estimate of drug-likeness (QED) is 0.550. The average molecular weight is 497 g/mol. The van der Waals surface area contributed by atoms with E-state index in [9.17, 15) is 0 Å². The highest BCUT2D eigenvalue weighted by Crippen LogP contribution is 2.31. The molecule has 2 atom stereocenters. The van der Waals surface area contributed by atoms with E-state index in [1.165, 1.54) is 18.2 Å². The maximum atomic E-state index is 5.43. The minimum absolute atomic E-state index is 0.272. The number of benzene rings is 1. The van der Waals surface area contributed by atoms with Crippen molar-refractivity contribution in [2.24, 2.45) is 0 Å². The zero-order chi connectivity index (χ0) is 25.9. The van der Waals surface area contributed by atoms with Gasteiger partial charge in [0.2, 0.25) is 0 Å². The molecule has 3 heterocycles. The standard InChI is InChI=1S/C19H28N4O.C8H10O2.C2H6/c1-5-18-16-8-7-15(24-4)13-17(16)19(21-20-18)22(3)14-9-11-23(6-2)12-10-14;1-2-4-8-5-7(3-1)9-6-10-8;1-2/h7-8,13-14H,5-6,9-12H2,1-4H3;1-4,7-8H,5-6H2;1-2H3. The number of aromatic nitrogens is 2. The van der Waals surface area contributed by atoms with Crippen LogP contribution in [0.15, 0.2) is 42.5 Å². The average Bonchev–Trinajstić information content (AvgIpc) is 3.12. The Kier molecular flexibility index (Phi) is 11.2. The Labute approximate surface area is 217 Å². The summed E-state index contributed by atoms with van der Waals surface area (Å²) in [6.07, 6.45) is 12.9. The largest absolute Gasteiger partial charge is 0.497 e. The molecule has 0 amide bonds. The van der Waals surface area contributed by atoms with Crippen molar-refractivity contribution in [3.63, 3.8) is 0 Å². The van der Waals surface area contributed by atoms with Crippen LogP contribution in [-0.2, 0) is 15.9 Å². The Morgan fingerprint density at radius 2 is 1.67 bits per heavy atom. The number of likely N-dealkylation sites (tertiary alicyclic amines) is 1. The van der Waals surface area contributed by atoms with Gasteiger partial charge in [0.25, 0.3) is 0 Å². The van der Waals surface area contributed by atoms with Crippen LogP contribution in [0.4, 0.5) is 5.82 Å². The first kappa shape index (κ1) is 28.1. The maximum absolute atomic E-state index is 5.43. The van der Waals surface area contributed by atoms with Crippen LogP contribution in [0.3, 0.4) is 0 Å². The molecular formula is C29H44N4O3. The maximum Gasteiger partial charge on any atom is 0.159 e. The zero-order valence-corrected chi connectivity index (χ0v) is 22.9. The lowest BCUT2D eigenvalue weighted by Crippen LogP contribution is -2.43. The molecule has 0 spiro atoms. The van der Waals surface area contributed by atoms with Gasteiger partial charge in [0.05, 0.1) is 25.0 Å². The van der Waals surface area contributed by atoms with Crippen LogP contribution in [0.2, 0.25) is 0 Å². The molecule has 1 aliphatic carbocycles. The number of allylic oxidation sites excluding steroid dienone is 2. The van der Waals surface area contributed by atoms with Crippen LogP contribution in [0.25, 0.3) is 10.8 Å². The SMILES string of the molecule is C1=CC2CC(C=C1)OCO2.CC.CCc1nnc(N(C)C2CCN(CC)CC2)c2cc(OC)ccc12. The molecule has 198 valence electrons. The Morgan fingerprint density at radius 1 is 1.00 bits per heavy atom. The fourth-order valence-electron chi connectivity index (χ4n) is 4.84. The second-order valence-electron chi connectivity index (χ2n) is 9.05. The lowest BCUT2D eigenvalue weighted by atomic mass is 10.0. The number of anilines is 1. The van der Waals surface area contributed by atoms with Gasteiger partial charge in [0.15, 0.2) is 5.82 Å². The van der Waals surface area contributed by atoms with Crippen molar-refractivity contribution < 1.29 is 14.2 Å². The van der Waals surface area contributed by atoms with E-state index in [1.807, 2.05) is 32.1 Å². The van der Waals surface area contributed by atoms with E-state index < -0.39 is 0 Å². The van der Waals surface area contributed by atoms with Gasteiger partial charge in [-0.05, 0) is 44.0 Å². The molecule has 2 aliphatic heterocycles. The first-order valence-corrected chi connectivity index (χ1v) is 13.5. The van der Waals surface area contributed by atoms with Gasteiger partial charge in [-0.3, -0.25) is 0 Å². The van der Waals surface area contributed by atoms with E-state index in [2.05, 4.69) is 65.2 Å². The van der Waals surface area contributed by atoms with Gasteiger partial charge in [0.1, 0.15) is 12.5 Å². The highest BCUT2D eigenvalue weighted by atomic mass is 16.7. The van der Waals surface area contributed by atoms with Crippen molar-refractivity contribution in [1.82, 2.24) is 15.1 Å². The summed E-state index contributed by atoms with van der Waals surface area (Å²) >= 11 is 0. The van der Waals surface area contributed by atoms with E-state index in [-0.39, 0.29) is 12.2 Å². The first-order valence-electron chi connectivity index (χ1n) is 13.5. The molecule has 36 heavy (non-hydrogen) atoms. The van der Waals surface area contributed by atoms with E-state index in [0.717, 1.165) is 55.1 Å². The summed E-state index contributed by atoms with van der Waals surface area (Å²) < 4.78 is 16.0. The zero-order valence-electron chi connectivity index (χ0n) is 22.9. The number of aryl methyl sites for hydroxylation is 1. The summed E-state index contributed by atoms with van der Waals surface area (Å²) in [6.45, 7) is 12.3. The third-order valence-corrected chi connectivity index (χ3v) is 7.06. The molecule has 5 rings (SSSR count). The molecule has 2 unspecified atom stereocenters. The molecule has 1 aromatic carbocycles. The minimum atomic E-state index is 0.272. The molecule has 1 aromatic heterocycles. The lowest BCUT2D eigenvalue weighted by molar-refractivity contribution is -0.146. The number of rotatable bonds is 5. The van der Waals surface area contributed by atoms with Crippen LogP contribution in [0, 0.1) is 0 Å². The van der Waals surface area contributed by atoms with Crippen molar-refractivity contribution in [3.05, 3.63) is 48.2 Å². The van der Waals surface area contributed by atoms with Crippen molar-refractivity contribution in [2.45, 2.75) is 71.6 Å². The van der Waals surface area contributed by atoms with Gasteiger partial charge in [-0.25, -0.2) is 0 Å². The van der Waals surface area contributed by atoms with E-state index in [0.29, 0.717) is 12.8 Å². The van der Waals surface area contributed by atoms with Gasteiger partial charge in [-0.2, -0.15) is 5.10 Å². The summed E-state index contributed by atoms with van der Waals surface area (Å²) in [5, 5.41) is 11.4. The van der Waals surface area contributed by atoms with E-state index in [4.69, 9.17) is 14.2 Å². The third-order valence-electron chi connectivity index (χ3n) is 7.06. The predicted molar refractivity (Wildman–Crippen MR) is 148 cm³/mol. The molecule has 7 heteroatoms. The van der Waals surface area contributed by atoms with Gasteiger partial charge >= 0.3 is 0 Å². The predicted octanol–water partition coefficient (Wildman–Crippen LogP) is 5.39. The second-order valence-corrected chi connectivity index (χ2v) is 9.05. The summed E-state index contributed by atoms with van der Waals surface area (Å²) in [5.41, 5.74) is 1.05. The summed E-state index contributed by atoms with van der Waals surface area (Å²) in [4.78, 5) is 4.83. The topological polar surface area (TPSA) is 60.0 Å². The molecule has 3 aliphatic rings. The summed E-state index contributed by atoms with van der Waals surface area (Å²) in [6, 6.07) is 6.73. The fourth-order valence-corrected chi connectivity index (χ4v) is 4.84. The fraction of sp³-hybridized carbons (Fsp3) is 0.586. The van der Waals surface area contributed by atoms with Gasteiger partial charge < -0.3 is 24.0 Å². The third kappa shape index (κ3) is 7.05. The van der Waals surface area contributed by atoms with E-state index in [1.54, 1.807) is 7.11 Å². The normalized spacial score (nSPS) is 21.6. The number of methoxy groups -OCH3 is 1. The highest BCUT2D eigenvalue weighted by Gasteiger charge is 2.24. The highest BCUT2D eigenvalue weighted by molar-refractivity contribution is 5.94. The van der Waals surface area contributed by atoms with Crippen LogP contribution in [-0.4, -0.2) is 73.9 Å². The number of hydrogen-bond donors (Lipinski definition) is 0. The first-order chi connectivity index (χ1) is 17.6. The van der Waals surface area contributed by atoms with Crippen molar-refractivity contribution in [2.75, 3.05) is 45.5 Å². The summed E-state index contributed by atoms with van der Waals surface area (Å²) in [5.74, 6) is 1.84. The van der Waals surface area contributed by atoms with Gasteiger partial charge in [-0.1, -0.05) is 52.0 Å².